The van der Waals surface area contributed by atoms with Crippen LogP contribution in [0.15, 0.2) is 0 Å². The zero-order valence-corrected chi connectivity index (χ0v) is 15.4. The topological polar surface area (TPSA) is 108 Å². The molecular weight excluding hydrogens is 330 g/mol. The molecule has 0 radical (unpaired) electrons. The van der Waals surface area contributed by atoms with Crippen molar-refractivity contribution in [1.29, 1.82) is 0 Å². The van der Waals surface area contributed by atoms with Gasteiger partial charge in [0.25, 0.3) is 0 Å². The monoisotopic (exact) mass is 359 g/mol. The zero-order valence-electron chi connectivity index (χ0n) is 14.6. The van der Waals surface area contributed by atoms with E-state index in [1.54, 1.807) is 0 Å². The summed E-state index contributed by atoms with van der Waals surface area (Å²) < 4.78 is 0. The number of aliphatic carboxylic acids is 1. The van der Waals surface area contributed by atoms with Gasteiger partial charge in [0.1, 0.15) is 12.1 Å². The molecule has 0 aromatic rings. The molecule has 1 saturated heterocycles. The fourth-order valence-electron chi connectivity index (χ4n) is 2.65. The van der Waals surface area contributed by atoms with E-state index in [-0.39, 0.29) is 17.9 Å². The number of thioether (sulfide) groups is 1. The number of carbonyl (C=O) groups is 3. The lowest BCUT2D eigenvalue weighted by Gasteiger charge is -2.24. The molecule has 0 bridgehead atoms. The first kappa shape index (κ1) is 20.8. The van der Waals surface area contributed by atoms with Gasteiger partial charge < -0.3 is 21.1 Å². The average molecular weight is 359 g/mol. The van der Waals surface area contributed by atoms with Crippen molar-refractivity contribution < 1.29 is 19.5 Å². The summed E-state index contributed by atoms with van der Waals surface area (Å²) in [4.78, 5) is 36.0. The van der Waals surface area contributed by atoms with Crippen LogP contribution in [0.5, 0.6) is 0 Å². The van der Waals surface area contributed by atoms with Crippen molar-refractivity contribution >= 4 is 29.5 Å². The maximum atomic E-state index is 12.5. The van der Waals surface area contributed by atoms with Gasteiger partial charge in [0.15, 0.2) is 0 Å². The van der Waals surface area contributed by atoms with E-state index in [0.717, 1.165) is 19.4 Å². The molecule has 4 N–H and O–H groups in total. The quantitative estimate of drug-likeness (QED) is 0.455. The lowest BCUT2D eigenvalue weighted by molar-refractivity contribution is -0.142. The fourth-order valence-corrected chi connectivity index (χ4v) is 3.12. The SMILES string of the molecule is CSCCC(NC(=O)C(CC(C)C)NC(=O)C1CCCN1)C(=O)O. The van der Waals surface area contributed by atoms with E-state index in [1.807, 2.05) is 20.1 Å². The number of hydrogen-bond donors (Lipinski definition) is 4. The molecule has 1 heterocycles. The molecular formula is C16H29N3O4S. The highest BCUT2D eigenvalue weighted by atomic mass is 32.2. The molecule has 1 aliphatic rings. The van der Waals surface area contributed by atoms with Crippen molar-refractivity contribution in [1.82, 2.24) is 16.0 Å². The van der Waals surface area contributed by atoms with Gasteiger partial charge in [-0.1, -0.05) is 13.8 Å². The minimum Gasteiger partial charge on any atom is -0.480 e. The standard InChI is InChI=1S/C16H29N3O4S/c1-10(2)9-13(19-14(20)11-5-4-7-17-11)15(21)18-12(16(22)23)6-8-24-3/h10-13,17H,4-9H2,1-3H3,(H,18,21)(H,19,20)(H,22,23). The Balaban J connectivity index is 2.68. The summed E-state index contributed by atoms with van der Waals surface area (Å²) in [7, 11) is 0. The number of carboxylic acid groups (broad SMARTS) is 1. The Labute approximate surface area is 147 Å². The van der Waals surface area contributed by atoms with E-state index in [0.29, 0.717) is 18.6 Å². The molecule has 0 saturated carbocycles. The Hall–Kier alpha value is -1.28. The van der Waals surface area contributed by atoms with E-state index in [4.69, 9.17) is 0 Å². The molecule has 2 amide bonds. The molecule has 7 nitrogen and oxygen atoms in total. The van der Waals surface area contributed by atoms with Gasteiger partial charge in [0.05, 0.1) is 6.04 Å². The van der Waals surface area contributed by atoms with Gasteiger partial charge in [0.2, 0.25) is 11.8 Å². The van der Waals surface area contributed by atoms with Gasteiger partial charge in [-0.2, -0.15) is 11.8 Å². The molecule has 8 heteroatoms. The molecule has 1 aliphatic heterocycles. The van der Waals surface area contributed by atoms with Crippen LogP contribution in [0, 0.1) is 5.92 Å². The van der Waals surface area contributed by atoms with Gasteiger partial charge in [-0.25, -0.2) is 4.79 Å². The van der Waals surface area contributed by atoms with Crippen molar-refractivity contribution in [3.05, 3.63) is 0 Å². The van der Waals surface area contributed by atoms with Crippen LogP contribution in [0.1, 0.15) is 39.5 Å². The first-order chi connectivity index (χ1) is 11.3. The molecule has 0 aliphatic carbocycles. The van der Waals surface area contributed by atoms with E-state index < -0.39 is 24.0 Å². The highest BCUT2D eigenvalue weighted by Gasteiger charge is 2.30. The fraction of sp³-hybridized carbons (Fsp3) is 0.812. The molecule has 1 rings (SSSR count). The molecule has 138 valence electrons. The molecule has 0 spiro atoms. The minimum absolute atomic E-state index is 0.190. The van der Waals surface area contributed by atoms with Crippen molar-refractivity contribution in [3.8, 4) is 0 Å². The Bertz CT molecular complexity index is 439. The summed E-state index contributed by atoms with van der Waals surface area (Å²) in [5.74, 6) is -0.825. The van der Waals surface area contributed by atoms with E-state index in [9.17, 15) is 19.5 Å². The Morgan fingerprint density at radius 3 is 2.46 bits per heavy atom. The maximum Gasteiger partial charge on any atom is 0.326 e. The van der Waals surface area contributed by atoms with Crippen molar-refractivity contribution in [2.75, 3.05) is 18.6 Å². The van der Waals surface area contributed by atoms with Crippen LogP contribution in [0.3, 0.4) is 0 Å². The normalized spacial score (nSPS) is 19.8. The molecule has 1 fully saturated rings. The van der Waals surface area contributed by atoms with Crippen LogP contribution in [-0.4, -0.2) is 59.6 Å². The predicted molar refractivity (Wildman–Crippen MR) is 95.0 cm³/mol. The van der Waals surface area contributed by atoms with Gasteiger partial charge in [-0.15, -0.1) is 0 Å². The molecule has 0 aromatic carbocycles. The van der Waals surface area contributed by atoms with E-state index in [1.165, 1.54) is 11.8 Å². The second-order valence-electron chi connectivity index (χ2n) is 6.52. The van der Waals surface area contributed by atoms with Crippen molar-refractivity contribution in [2.45, 2.75) is 57.7 Å². The number of rotatable bonds is 10. The predicted octanol–water partition coefficient (Wildman–Crippen LogP) is 0.592. The summed E-state index contributed by atoms with van der Waals surface area (Å²) in [6.07, 6.45) is 4.41. The van der Waals surface area contributed by atoms with Gasteiger partial charge in [-0.3, -0.25) is 9.59 Å². The number of amides is 2. The van der Waals surface area contributed by atoms with E-state index in [2.05, 4.69) is 16.0 Å². The lowest BCUT2D eigenvalue weighted by atomic mass is 10.0. The number of hydrogen-bond acceptors (Lipinski definition) is 5. The molecule has 3 atom stereocenters. The largest absolute Gasteiger partial charge is 0.480 e. The van der Waals surface area contributed by atoms with Gasteiger partial charge in [-0.05, 0) is 50.2 Å². The Morgan fingerprint density at radius 2 is 1.96 bits per heavy atom. The first-order valence-corrected chi connectivity index (χ1v) is 9.80. The van der Waals surface area contributed by atoms with Crippen LogP contribution >= 0.6 is 11.8 Å². The first-order valence-electron chi connectivity index (χ1n) is 8.41. The number of carbonyl (C=O) groups excluding carboxylic acids is 2. The zero-order chi connectivity index (χ0) is 18.1. The molecule has 0 aromatic heterocycles. The van der Waals surface area contributed by atoms with Crippen molar-refractivity contribution in [3.63, 3.8) is 0 Å². The van der Waals surface area contributed by atoms with Crippen LogP contribution in [-0.2, 0) is 14.4 Å². The maximum absolute atomic E-state index is 12.5. The second-order valence-corrected chi connectivity index (χ2v) is 7.51. The lowest BCUT2D eigenvalue weighted by Crippen LogP contribution is -2.54. The highest BCUT2D eigenvalue weighted by Crippen LogP contribution is 2.10. The summed E-state index contributed by atoms with van der Waals surface area (Å²) in [6, 6.07) is -1.91. The third kappa shape index (κ3) is 7.09. The minimum atomic E-state index is -1.05. The third-order valence-electron chi connectivity index (χ3n) is 3.94. The number of nitrogens with one attached hydrogen (secondary N) is 3. The summed E-state index contributed by atoms with van der Waals surface area (Å²) in [5.41, 5.74) is 0. The van der Waals surface area contributed by atoms with Crippen LogP contribution in [0.25, 0.3) is 0 Å². The van der Waals surface area contributed by atoms with E-state index >= 15 is 0 Å². The second kappa shape index (κ2) is 10.6. The van der Waals surface area contributed by atoms with Crippen LogP contribution in [0.2, 0.25) is 0 Å². The molecule has 3 unspecified atom stereocenters. The number of carboxylic acids is 1. The Kier molecular flexibility index (Phi) is 9.13. The summed E-state index contributed by atoms with van der Waals surface area (Å²) in [5, 5.41) is 17.7. The summed E-state index contributed by atoms with van der Waals surface area (Å²) >= 11 is 1.53. The van der Waals surface area contributed by atoms with Crippen molar-refractivity contribution in [2.24, 2.45) is 5.92 Å². The Morgan fingerprint density at radius 1 is 1.25 bits per heavy atom. The third-order valence-corrected chi connectivity index (χ3v) is 4.59. The van der Waals surface area contributed by atoms with Crippen LogP contribution < -0.4 is 16.0 Å². The highest BCUT2D eigenvalue weighted by molar-refractivity contribution is 7.98. The summed E-state index contributed by atoms with van der Waals surface area (Å²) in [6.45, 7) is 4.72. The molecule has 24 heavy (non-hydrogen) atoms. The van der Waals surface area contributed by atoms with Crippen LogP contribution in [0.4, 0.5) is 0 Å². The average Bonchev–Trinajstić information content (AvgIpc) is 3.04. The smallest absolute Gasteiger partial charge is 0.326 e. The van der Waals surface area contributed by atoms with Gasteiger partial charge >= 0.3 is 5.97 Å². The van der Waals surface area contributed by atoms with Gasteiger partial charge in [0, 0.05) is 0 Å².